The van der Waals surface area contributed by atoms with E-state index in [2.05, 4.69) is 20.1 Å². The maximum Gasteiger partial charge on any atom is 0.586 e. The lowest BCUT2D eigenvalue weighted by molar-refractivity contribution is -0.286. The summed E-state index contributed by atoms with van der Waals surface area (Å²) >= 11 is 0. The Morgan fingerprint density at radius 2 is 2.10 bits per heavy atom. The van der Waals surface area contributed by atoms with Gasteiger partial charge in [0.05, 0.1) is 5.92 Å². The number of anilines is 1. The summed E-state index contributed by atoms with van der Waals surface area (Å²) in [5, 5.41) is 6.16. The van der Waals surface area contributed by atoms with Crippen molar-refractivity contribution in [2.45, 2.75) is 37.6 Å². The van der Waals surface area contributed by atoms with Gasteiger partial charge in [-0.1, -0.05) is 0 Å². The minimum Gasteiger partial charge on any atom is -0.395 e. The standard InChI is InChI=1S/C14H14F2N2O3/c15-14(16)20-11-4-2-8(6-12(11)21-14)18-13(19)9-5-7-1-3-10(9)17-7/h2,4,6-7,9-10,17H,1,3,5H2,(H,18,19). The van der Waals surface area contributed by atoms with Gasteiger partial charge < -0.3 is 20.1 Å². The van der Waals surface area contributed by atoms with Gasteiger partial charge in [0.25, 0.3) is 0 Å². The first-order valence-electron chi connectivity index (χ1n) is 6.97. The Morgan fingerprint density at radius 1 is 1.29 bits per heavy atom. The number of benzene rings is 1. The fraction of sp³-hybridized carbons (Fsp3) is 0.500. The highest BCUT2D eigenvalue weighted by Crippen LogP contribution is 2.42. The van der Waals surface area contributed by atoms with Crippen molar-refractivity contribution in [3.63, 3.8) is 0 Å². The molecule has 3 heterocycles. The van der Waals surface area contributed by atoms with Gasteiger partial charge in [-0.3, -0.25) is 4.79 Å². The number of ether oxygens (including phenoxy) is 2. The van der Waals surface area contributed by atoms with Crippen LogP contribution >= 0.6 is 0 Å². The van der Waals surface area contributed by atoms with E-state index in [9.17, 15) is 13.6 Å². The maximum atomic E-state index is 12.9. The topological polar surface area (TPSA) is 59.6 Å². The van der Waals surface area contributed by atoms with Crippen LogP contribution < -0.4 is 20.1 Å². The second-order valence-corrected chi connectivity index (χ2v) is 5.71. The second-order valence-electron chi connectivity index (χ2n) is 5.71. The highest BCUT2D eigenvalue weighted by Gasteiger charge is 2.44. The number of nitrogens with one attached hydrogen (secondary N) is 2. The van der Waals surface area contributed by atoms with Gasteiger partial charge in [-0.25, -0.2) is 0 Å². The zero-order valence-electron chi connectivity index (χ0n) is 11.1. The fourth-order valence-electron chi connectivity index (χ4n) is 3.38. The van der Waals surface area contributed by atoms with Crippen molar-refractivity contribution in [2.24, 2.45) is 5.92 Å². The quantitative estimate of drug-likeness (QED) is 0.877. The van der Waals surface area contributed by atoms with Crippen LogP contribution in [0.2, 0.25) is 0 Å². The Labute approximate surface area is 119 Å². The molecule has 2 fully saturated rings. The number of alkyl halides is 2. The van der Waals surface area contributed by atoms with Crippen molar-refractivity contribution < 1.29 is 23.0 Å². The number of rotatable bonds is 2. The average molecular weight is 296 g/mol. The molecule has 5 nitrogen and oxygen atoms in total. The molecule has 3 aliphatic heterocycles. The van der Waals surface area contributed by atoms with Gasteiger partial charge in [-0.15, -0.1) is 8.78 Å². The Bertz CT molecular complexity index is 608. The van der Waals surface area contributed by atoms with E-state index in [0.29, 0.717) is 11.7 Å². The third-order valence-electron chi connectivity index (χ3n) is 4.31. The van der Waals surface area contributed by atoms with Gasteiger partial charge in [-0.05, 0) is 31.4 Å². The number of halogens is 2. The molecule has 1 aromatic carbocycles. The zero-order chi connectivity index (χ0) is 14.6. The summed E-state index contributed by atoms with van der Waals surface area (Å²) in [6.45, 7) is 0. The molecule has 1 amide bonds. The molecule has 3 unspecified atom stereocenters. The number of carbonyl (C=O) groups is 1. The Kier molecular flexibility index (Phi) is 2.63. The van der Waals surface area contributed by atoms with Crippen molar-refractivity contribution >= 4 is 11.6 Å². The lowest BCUT2D eigenvalue weighted by atomic mass is 9.88. The minimum absolute atomic E-state index is 0.0282. The summed E-state index contributed by atoms with van der Waals surface area (Å²) < 4.78 is 34.6. The molecule has 1 aromatic rings. The summed E-state index contributed by atoms with van der Waals surface area (Å²) in [6.07, 6.45) is -0.678. The predicted octanol–water partition coefficient (Wildman–Crippen LogP) is 2.09. The normalized spacial score (nSPS) is 31.4. The number of hydrogen-bond donors (Lipinski definition) is 2. The number of carbonyl (C=O) groups excluding carboxylic acids is 1. The van der Waals surface area contributed by atoms with Crippen LogP contribution in [0.3, 0.4) is 0 Å². The summed E-state index contributed by atoms with van der Waals surface area (Å²) in [5.41, 5.74) is 0.433. The van der Waals surface area contributed by atoms with Crippen molar-refractivity contribution in [1.29, 1.82) is 0 Å². The van der Waals surface area contributed by atoms with Crippen LogP contribution in [0.25, 0.3) is 0 Å². The van der Waals surface area contributed by atoms with Crippen LogP contribution in [-0.2, 0) is 4.79 Å². The van der Waals surface area contributed by atoms with E-state index in [-0.39, 0.29) is 29.4 Å². The van der Waals surface area contributed by atoms with Crippen molar-refractivity contribution in [1.82, 2.24) is 5.32 Å². The third-order valence-corrected chi connectivity index (χ3v) is 4.31. The Morgan fingerprint density at radius 3 is 2.81 bits per heavy atom. The van der Waals surface area contributed by atoms with Gasteiger partial charge in [-0.2, -0.15) is 0 Å². The van der Waals surface area contributed by atoms with Crippen LogP contribution in [0, 0.1) is 5.92 Å². The van der Waals surface area contributed by atoms with Gasteiger partial charge in [0, 0.05) is 23.8 Å². The minimum atomic E-state index is -3.64. The van der Waals surface area contributed by atoms with E-state index in [0.717, 1.165) is 19.3 Å². The van der Waals surface area contributed by atoms with Crippen molar-refractivity contribution in [2.75, 3.05) is 5.32 Å². The molecular formula is C14H14F2N2O3. The second kappa shape index (κ2) is 4.30. The first-order valence-corrected chi connectivity index (χ1v) is 6.97. The number of fused-ring (bicyclic) bond motifs is 3. The van der Waals surface area contributed by atoms with Crippen LogP contribution in [0.5, 0.6) is 11.5 Å². The van der Waals surface area contributed by atoms with Crippen LogP contribution in [0.15, 0.2) is 18.2 Å². The molecule has 21 heavy (non-hydrogen) atoms. The molecule has 0 spiro atoms. The molecule has 112 valence electrons. The molecule has 2 saturated heterocycles. The first-order chi connectivity index (χ1) is 10.00. The van der Waals surface area contributed by atoms with Crippen molar-refractivity contribution in [3.8, 4) is 11.5 Å². The molecule has 4 rings (SSSR count). The lowest BCUT2D eigenvalue weighted by Crippen LogP contribution is -2.32. The first kappa shape index (κ1) is 12.8. The summed E-state index contributed by atoms with van der Waals surface area (Å²) in [5.74, 6) is -0.237. The summed E-state index contributed by atoms with van der Waals surface area (Å²) in [7, 11) is 0. The molecule has 7 heteroatoms. The molecule has 0 aliphatic carbocycles. The van der Waals surface area contributed by atoms with E-state index in [1.807, 2.05) is 0 Å². The van der Waals surface area contributed by atoms with E-state index < -0.39 is 6.29 Å². The van der Waals surface area contributed by atoms with E-state index in [1.54, 1.807) is 0 Å². The molecule has 0 radical (unpaired) electrons. The van der Waals surface area contributed by atoms with Gasteiger partial charge in [0.2, 0.25) is 5.91 Å². The summed E-state index contributed by atoms with van der Waals surface area (Å²) in [4.78, 5) is 12.3. The number of hydrogen-bond acceptors (Lipinski definition) is 4. The molecule has 2 N–H and O–H groups in total. The number of amides is 1. The van der Waals surface area contributed by atoms with Gasteiger partial charge in [0.1, 0.15) is 0 Å². The Hall–Kier alpha value is -1.89. The fourth-order valence-corrected chi connectivity index (χ4v) is 3.38. The molecule has 0 saturated carbocycles. The maximum absolute atomic E-state index is 12.9. The highest BCUT2D eigenvalue weighted by atomic mass is 19.3. The largest absolute Gasteiger partial charge is 0.586 e. The van der Waals surface area contributed by atoms with Crippen LogP contribution in [0.1, 0.15) is 19.3 Å². The van der Waals surface area contributed by atoms with Gasteiger partial charge >= 0.3 is 6.29 Å². The molecule has 0 aromatic heterocycles. The molecule has 2 bridgehead atoms. The zero-order valence-corrected chi connectivity index (χ0v) is 11.1. The lowest BCUT2D eigenvalue weighted by Gasteiger charge is -2.19. The molecule has 3 atom stereocenters. The van der Waals surface area contributed by atoms with E-state index >= 15 is 0 Å². The highest BCUT2D eigenvalue weighted by molar-refractivity contribution is 5.93. The molecule has 3 aliphatic rings. The van der Waals surface area contributed by atoms with Crippen molar-refractivity contribution in [3.05, 3.63) is 18.2 Å². The summed E-state index contributed by atoms with van der Waals surface area (Å²) in [6, 6.07) is 4.91. The van der Waals surface area contributed by atoms with Gasteiger partial charge in [0.15, 0.2) is 11.5 Å². The van der Waals surface area contributed by atoms with E-state index in [1.165, 1.54) is 18.2 Å². The smallest absolute Gasteiger partial charge is 0.395 e. The third kappa shape index (κ3) is 2.21. The predicted molar refractivity (Wildman–Crippen MR) is 69.3 cm³/mol. The van der Waals surface area contributed by atoms with Crippen LogP contribution in [-0.4, -0.2) is 24.3 Å². The SMILES string of the molecule is O=C(Nc1ccc2c(c1)OC(F)(F)O2)C1CC2CCC1N2. The van der Waals surface area contributed by atoms with Crippen LogP contribution in [0.4, 0.5) is 14.5 Å². The van der Waals surface area contributed by atoms with E-state index in [4.69, 9.17) is 0 Å². The molecular weight excluding hydrogens is 282 g/mol. The average Bonchev–Trinajstić information content (AvgIpc) is 3.09. The Balaban J connectivity index is 1.47. The monoisotopic (exact) mass is 296 g/mol.